The Kier molecular flexibility index (Phi) is 12.1. The van der Waals surface area contributed by atoms with Crippen LogP contribution in [-0.2, 0) is 35.7 Å². The Balaban J connectivity index is 1.25. The van der Waals surface area contributed by atoms with E-state index in [2.05, 4.69) is 132 Å². The van der Waals surface area contributed by atoms with Crippen molar-refractivity contribution < 1.29 is 19.4 Å². The maximum Gasteiger partial charge on any atom is 0.315 e. The van der Waals surface area contributed by atoms with E-state index in [0.29, 0.717) is 13.1 Å². The molecular weight excluding hydrogens is 622 g/mol. The van der Waals surface area contributed by atoms with Crippen LogP contribution >= 0.6 is 0 Å². The van der Waals surface area contributed by atoms with Gasteiger partial charge in [-0.05, 0) is 51.9 Å². The van der Waals surface area contributed by atoms with E-state index in [-0.39, 0.29) is 30.8 Å². The summed E-state index contributed by atoms with van der Waals surface area (Å²) in [5.41, 5.74) is 8.59. The van der Waals surface area contributed by atoms with Gasteiger partial charge in [-0.2, -0.15) is 0 Å². The summed E-state index contributed by atoms with van der Waals surface area (Å²) in [5, 5.41) is 15.3. The number of nitrogens with zero attached hydrogens (tertiary/aromatic N) is 1. The van der Waals surface area contributed by atoms with Crippen molar-refractivity contribution in [1.82, 2.24) is 15.5 Å². The second-order valence-corrected chi connectivity index (χ2v) is 13.0. The number of benzene rings is 5. The minimum Gasteiger partial charge on any atom is -0.392 e. The molecule has 6 rings (SSSR count). The largest absolute Gasteiger partial charge is 0.392 e. The standard InChI is InChI=1S/C43H47N3O4/c1-3-44-43(48)45-26-35-15-10-16-39(25-35)36-21-23-38(24-22-36)42-49-40(31(2)41(50-42)37-19-17-34(30-47)18-20-37)29-46(27-32-11-6-4-7-12-32)28-33-13-8-5-9-14-33/h4-25,31,40-42,47H,3,26-30H2,1-2H3,(H2,44,45,48)/t31-,40+,41+,42+/m0/s1. The number of hydrogen-bond acceptors (Lipinski definition) is 5. The summed E-state index contributed by atoms with van der Waals surface area (Å²) >= 11 is 0. The molecule has 7 heteroatoms. The number of rotatable bonds is 13. The third kappa shape index (κ3) is 9.25. The topological polar surface area (TPSA) is 83.1 Å². The highest BCUT2D eigenvalue weighted by atomic mass is 16.7. The molecule has 0 unspecified atom stereocenters. The van der Waals surface area contributed by atoms with Gasteiger partial charge in [-0.3, -0.25) is 4.90 Å². The summed E-state index contributed by atoms with van der Waals surface area (Å²) in [6.45, 7) is 7.49. The van der Waals surface area contributed by atoms with Crippen LogP contribution in [0.5, 0.6) is 0 Å². The highest BCUT2D eigenvalue weighted by molar-refractivity contribution is 5.74. The van der Waals surface area contributed by atoms with Crippen LogP contribution in [0.2, 0.25) is 0 Å². The summed E-state index contributed by atoms with van der Waals surface area (Å²) in [5.74, 6) is 0.0651. The van der Waals surface area contributed by atoms with Gasteiger partial charge in [0.1, 0.15) is 0 Å². The molecule has 0 radical (unpaired) electrons. The quantitative estimate of drug-likeness (QED) is 0.118. The lowest BCUT2D eigenvalue weighted by Crippen LogP contribution is -2.44. The van der Waals surface area contributed by atoms with Crippen LogP contribution in [0.15, 0.2) is 133 Å². The van der Waals surface area contributed by atoms with Crippen molar-refractivity contribution in [2.24, 2.45) is 5.92 Å². The van der Waals surface area contributed by atoms with E-state index in [1.165, 1.54) is 11.1 Å². The Morgan fingerprint density at radius 1 is 0.680 bits per heavy atom. The van der Waals surface area contributed by atoms with Gasteiger partial charge in [-0.1, -0.05) is 134 Å². The van der Waals surface area contributed by atoms with Crippen molar-refractivity contribution >= 4 is 6.03 Å². The molecule has 0 spiro atoms. The van der Waals surface area contributed by atoms with Gasteiger partial charge in [-0.15, -0.1) is 0 Å². The van der Waals surface area contributed by atoms with Crippen molar-refractivity contribution in [2.75, 3.05) is 13.1 Å². The number of amides is 2. The zero-order valence-electron chi connectivity index (χ0n) is 28.9. The molecule has 2 amide bonds. The normalized spacial score (nSPS) is 18.9. The fourth-order valence-electron chi connectivity index (χ4n) is 6.55. The predicted octanol–water partition coefficient (Wildman–Crippen LogP) is 8.16. The molecule has 50 heavy (non-hydrogen) atoms. The van der Waals surface area contributed by atoms with Crippen molar-refractivity contribution in [3.63, 3.8) is 0 Å². The van der Waals surface area contributed by atoms with E-state index >= 15 is 0 Å². The lowest BCUT2D eigenvalue weighted by Gasteiger charge is -2.43. The van der Waals surface area contributed by atoms with E-state index in [0.717, 1.165) is 53.0 Å². The van der Waals surface area contributed by atoms with Crippen LogP contribution < -0.4 is 10.6 Å². The molecule has 1 fully saturated rings. The summed E-state index contributed by atoms with van der Waals surface area (Å²) in [4.78, 5) is 14.4. The molecule has 0 saturated carbocycles. The maximum atomic E-state index is 11.9. The molecule has 5 aromatic rings. The first kappa shape index (κ1) is 35.1. The van der Waals surface area contributed by atoms with Crippen LogP contribution in [0.4, 0.5) is 4.79 Å². The van der Waals surface area contributed by atoms with Crippen molar-refractivity contribution in [3.05, 3.63) is 167 Å². The third-order valence-corrected chi connectivity index (χ3v) is 9.29. The molecule has 1 aliphatic heterocycles. The minimum atomic E-state index is -0.560. The van der Waals surface area contributed by atoms with Crippen LogP contribution in [-0.4, -0.2) is 35.2 Å². The monoisotopic (exact) mass is 669 g/mol. The molecule has 0 aromatic heterocycles. The first-order chi connectivity index (χ1) is 24.5. The number of urea groups is 1. The highest BCUT2D eigenvalue weighted by Gasteiger charge is 2.39. The molecule has 5 aromatic carbocycles. The van der Waals surface area contributed by atoms with Gasteiger partial charge < -0.3 is 25.2 Å². The molecular formula is C43H47N3O4. The number of aliphatic hydroxyl groups excluding tert-OH is 1. The Morgan fingerprint density at radius 3 is 1.92 bits per heavy atom. The SMILES string of the molecule is CCNC(=O)NCc1cccc(-c2ccc([C@@H]3O[C@H](CN(Cc4ccccc4)Cc4ccccc4)[C@H](C)[C@H](c4ccc(CO)cc4)O3)cc2)c1. The first-order valence-corrected chi connectivity index (χ1v) is 17.5. The lowest BCUT2D eigenvalue weighted by molar-refractivity contribution is -0.276. The number of carbonyl (C=O) groups is 1. The Hall–Kier alpha value is -4.79. The highest BCUT2D eigenvalue weighted by Crippen LogP contribution is 2.42. The van der Waals surface area contributed by atoms with Crippen molar-refractivity contribution in [1.29, 1.82) is 0 Å². The van der Waals surface area contributed by atoms with Crippen molar-refractivity contribution in [2.45, 2.75) is 58.6 Å². The minimum absolute atomic E-state index is 0.00358. The Labute approximate surface area is 295 Å². The van der Waals surface area contributed by atoms with Crippen LogP contribution in [0.1, 0.15) is 59.6 Å². The summed E-state index contributed by atoms with van der Waals surface area (Å²) in [7, 11) is 0. The van der Waals surface area contributed by atoms with Gasteiger partial charge >= 0.3 is 6.03 Å². The number of nitrogens with one attached hydrogen (secondary N) is 2. The van der Waals surface area contributed by atoms with Gasteiger partial charge in [0.15, 0.2) is 6.29 Å². The number of ether oxygens (including phenoxy) is 2. The fraction of sp³-hybridized carbons (Fsp3) is 0.279. The zero-order chi connectivity index (χ0) is 34.7. The molecule has 1 aliphatic rings. The van der Waals surface area contributed by atoms with Crippen LogP contribution in [0.3, 0.4) is 0 Å². The number of carbonyl (C=O) groups excluding carboxylic acids is 1. The fourth-order valence-corrected chi connectivity index (χ4v) is 6.55. The summed E-state index contributed by atoms with van der Waals surface area (Å²) in [6.07, 6.45) is -0.872. The summed E-state index contributed by atoms with van der Waals surface area (Å²) < 4.78 is 13.7. The Bertz CT molecular complexity index is 1740. The van der Waals surface area contributed by atoms with E-state index in [1.807, 2.05) is 31.2 Å². The van der Waals surface area contributed by atoms with E-state index in [4.69, 9.17) is 9.47 Å². The van der Waals surface area contributed by atoms with Crippen molar-refractivity contribution in [3.8, 4) is 11.1 Å². The molecule has 1 heterocycles. The smallest absolute Gasteiger partial charge is 0.315 e. The van der Waals surface area contributed by atoms with Crippen LogP contribution in [0.25, 0.3) is 11.1 Å². The predicted molar refractivity (Wildman–Crippen MR) is 198 cm³/mol. The molecule has 1 saturated heterocycles. The molecule has 0 aliphatic carbocycles. The molecule has 0 bridgehead atoms. The third-order valence-electron chi connectivity index (χ3n) is 9.29. The van der Waals surface area contributed by atoms with Gasteiger partial charge in [0, 0.05) is 44.2 Å². The van der Waals surface area contributed by atoms with Gasteiger partial charge in [0.05, 0.1) is 18.8 Å². The molecule has 7 nitrogen and oxygen atoms in total. The van der Waals surface area contributed by atoms with Gasteiger partial charge in [0.2, 0.25) is 0 Å². The maximum absolute atomic E-state index is 11.9. The van der Waals surface area contributed by atoms with E-state index < -0.39 is 6.29 Å². The van der Waals surface area contributed by atoms with Gasteiger partial charge in [-0.25, -0.2) is 4.79 Å². The molecule has 3 N–H and O–H groups in total. The zero-order valence-corrected chi connectivity index (χ0v) is 28.9. The van der Waals surface area contributed by atoms with E-state index in [1.54, 1.807) is 0 Å². The second-order valence-electron chi connectivity index (χ2n) is 13.0. The molecule has 4 atom stereocenters. The average molecular weight is 670 g/mol. The average Bonchev–Trinajstić information content (AvgIpc) is 3.16. The lowest BCUT2D eigenvalue weighted by atomic mass is 9.89. The van der Waals surface area contributed by atoms with E-state index in [9.17, 15) is 9.90 Å². The number of hydrogen-bond donors (Lipinski definition) is 3. The summed E-state index contributed by atoms with van der Waals surface area (Å²) in [6, 6.07) is 45.7. The van der Waals surface area contributed by atoms with Gasteiger partial charge in [0.25, 0.3) is 0 Å². The first-order valence-electron chi connectivity index (χ1n) is 17.5. The molecule has 258 valence electrons. The Morgan fingerprint density at radius 2 is 1.30 bits per heavy atom. The second kappa shape index (κ2) is 17.2. The number of aliphatic hydroxyl groups is 1. The van der Waals surface area contributed by atoms with Crippen LogP contribution in [0, 0.1) is 5.92 Å².